The summed E-state index contributed by atoms with van der Waals surface area (Å²) in [6.07, 6.45) is 5.61. The lowest BCUT2D eigenvalue weighted by molar-refractivity contribution is -1.02. The summed E-state index contributed by atoms with van der Waals surface area (Å²) in [7, 11) is 0. The fourth-order valence-electron chi connectivity index (χ4n) is 3.17. The predicted octanol–water partition coefficient (Wildman–Crippen LogP) is -1.19. The number of nitrogens with zero attached hydrogens (tertiary/aromatic N) is 1. The smallest absolute Gasteiger partial charge is 0.357 e. The quantitative estimate of drug-likeness (QED) is 0.612. The number of hydrogen-bond donors (Lipinski definition) is 2. The standard InChI is InChI=1S/C13H16N2O3/c1-8-6-9-11(10(16)7-8)12(13(17)18)15-5-3-2-4-14(9)15/h6-7,9,16H,2-5H2,1H3,(H,17,18). The normalized spacial score (nSPS) is 30.6. The number of fused-ring (bicyclic) bond motifs is 3. The van der Waals surface area contributed by atoms with Crippen molar-refractivity contribution in [3.8, 4) is 0 Å². The van der Waals surface area contributed by atoms with Gasteiger partial charge < -0.3 is 10.2 Å². The van der Waals surface area contributed by atoms with E-state index in [1.165, 1.54) is 6.08 Å². The molecule has 0 spiro atoms. The second-order valence-corrected chi connectivity index (χ2v) is 5.06. The second kappa shape index (κ2) is 3.88. The minimum Gasteiger partial charge on any atom is -0.872 e. The summed E-state index contributed by atoms with van der Waals surface area (Å²) in [4.78, 5) is 11.4. The Morgan fingerprint density at radius 1 is 1.56 bits per heavy atom. The van der Waals surface area contributed by atoms with Gasteiger partial charge in [0.2, 0.25) is 0 Å². The van der Waals surface area contributed by atoms with Crippen LogP contribution in [0.25, 0.3) is 0 Å². The molecule has 3 aliphatic rings. The first kappa shape index (κ1) is 11.3. The Morgan fingerprint density at radius 3 is 3.06 bits per heavy atom. The fraction of sp³-hybridized carbons (Fsp3) is 0.462. The highest BCUT2D eigenvalue weighted by Crippen LogP contribution is 2.28. The molecule has 5 heteroatoms. The minimum atomic E-state index is -0.985. The molecular weight excluding hydrogens is 232 g/mol. The Kier molecular flexibility index (Phi) is 2.45. The molecule has 0 aromatic carbocycles. The SMILES string of the molecule is CC1=CC2C(=C(C(=O)O)N3CCCC[NH+]23)C([O-])=C1. The van der Waals surface area contributed by atoms with Crippen molar-refractivity contribution in [2.24, 2.45) is 0 Å². The van der Waals surface area contributed by atoms with Crippen molar-refractivity contribution in [2.45, 2.75) is 25.8 Å². The van der Waals surface area contributed by atoms with Gasteiger partial charge in [0.25, 0.3) is 0 Å². The van der Waals surface area contributed by atoms with Crippen LogP contribution in [-0.4, -0.2) is 35.2 Å². The van der Waals surface area contributed by atoms with Crippen molar-refractivity contribution in [1.82, 2.24) is 5.01 Å². The fourth-order valence-corrected chi connectivity index (χ4v) is 3.17. The van der Waals surface area contributed by atoms with Gasteiger partial charge in [-0.15, -0.1) is 0 Å². The largest absolute Gasteiger partial charge is 0.872 e. The van der Waals surface area contributed by atoms with Crippen LogP contribution in [0.2, 0.25) is 0 Å². The Bertz CT molecular complexity index is 504. The lowest BCUT2D eigenvalue weighted by Crippen LogP contribution is -3.20. The molecule has 0 aromatic rings. The minimum absolute atomic E-state index is 0.103. The summed E-state index contributed by atoms with van der Waals surface area (Å²) in [5.74, 6) is -1.12. The third-order valence-electron chi connectivity index (χ3n) is 3.86. The molecule has 5 nitrogen and oxygen atoms in total. The van der Waals surface area contributed by atoms with Crippen molar-refractivity contribution in [1.29, 1.82) is 0 Å². The van der Waals surface area contributed by atoms with Gasteiger partial charge in [0.05, 0.1) is 6.54 Å². The summed E-state index contributed by atoms with van der Waals surface area (Å²) in [6, 6.07) is -0.103. The van der Waals surface area contributed by atoms with E-state index in [0.29, 0.717) is 5.57 Å². The second-order valence-electron chi connectivity index (χ2n) is 5.06. The summed E-state index contributed by atoms with van der Waals surface area (Å²) in [5.41, 5.74) is 1.60. The van der Waals surface area contributed by atoms with E-state index in [2.05, 4.69) is 0 Å². The number of aliphatic carboxylic acids is 1. The van der Waals surface area contributed by atoms with Crippen LogP contribution in [0.3, 0.4) is 0 Å². The average Bonchev–Trinajstić information content (AvgIpc) is 2.64. The zero-order valence-electron chi connectivity index (χ0n) is 10.3. The lowest BCUT2D eigenvalue weighted by atomic mass is 9.95. The van der Waals surface area contributed by atoms with Gasteiger partial charge >= 0.3 is 5.97 Å². The molecule has 2 heterocycles. The van der Waals surface area contributed by atoms with Crippen LogP contribution >= 0.6 is 0 Å². The maximum Gasteiger partial charge on any atom is 0.357 e. The van der Waals surface area contributed by atoms with E-state index < -0.39 is 5.97 Å². The van der Waals surface area contributed by atoms with Gasteiger partial charge in [-0.2, -0.15) is 0 Å². The van der Waals surface area contributed by atoms with Crippen LogP contribution in [0.4, 0.5) is 0 Å². The zero-order chi connectivity index (χ0) is 12.9. The number of carboxylic acids is 1. The van der Waals surface area contributed by atoms with E-state index in [9.17, 15) is 15.0 Å². The number of carbonyl (C=O) groups is 1. The van der Waals surface area contributed by atoms with Crippen LogP contribution in [-0.2, 0) is 4.79 Å². The highest BCUT2D eigenvalue weighted by Gasteiger charge is 2.46. The first-order valence-corrected chi connectivity index (χ1v) is 6.28. The molecule has 96 valence electrons. The van der Waals surface area contributed by atoms with Gasteiger partial charge in [-0.25, -0.2) is 14.8 Å². The third kappa shape index (κ3) is 1.47. The summed E-state index contributed by atoms with van der Waals surface area (Å²) < 4.78 is 0. The van der Waals surface area contributed by atoms with Gasteiger partial charge in [-0.1, -0.05) is 11.8 Å². The van der Waals surface area contributed by atoms with Crippen molar-refractivity contribution in [3.05, 3.63) is 34.8 Å². The number of allylic oxidation sites excluding steroid dienone is 2. The van der Waals surface area contributed by atoms with Gasteiger partial charge in [-0.3, -0.25) is 0 Å². The van der Waals surface area contributed by atoms with Crippen LogP contribution in [0, 0.1) is 0 Å². The molecule has 2 atom stereocenters. The molecule has 1 fully saturated rings. The van der Waals surface area contributed by atoms with E-state index in [1.54, 1.807) is 0 Å². The Balaban J connectivity index is 2.13. The van der Waals surface area contributed by atoms with Crippen LogP contribution in [0.5, 0.6) is 0 Å². The van der Waals surface area contributed by atoms with Crippen LogP contribution in [0.1, 0.15) is 19.8 Å². The first-order valence-electron chi connectivity index (χ1n) is 6.28. The van der Waals surface area contributed by atoms with Crippen molar-refractivity contribution < 1.29 is 20.0 Å². The predicted molar refractivity (Wildman–Crippen MR) is 62.1 cm³/mol. The Morgan fingerprint density at radius 2 is 2.33 bits per heavy atom. The molecule has 0 bridgehead atoms. The summed E-state index contributed by atoms with van der Waals surface area (Å²) in [6.45, 7) is 3.50. The number of hydrogen-bond acceptors (Lipinski definition) is 3. The third-order valence-corrected chi connectivity index (χ3v) is 3.86. The molecule has 0 saturated carbocycles. The maximum atomic E-state index is 12.1. The van der Waals surface area contributed by atoms with Gasteiger partial charge in [0.15, 0.2) is 11.7 Å². The topological polar surface area (TPSA) is 68.0 Å². The van der Waals surface area contributed by atoms with Crippen molar-refractivity contribution >= 4 is 5.97 Å². The number of carboxylic acid groups (broad SMARTS) is 1. The van der Waals surface area contributed by atoms with Crippen molar-refractivity contribution in [3.63, 3.8) is 0 Å². The highest BCUT2D eigenvalue weighted by molar-refractivity contribution is 5.88. The van der Waals surface area contributed by atoms with E-state index in [-0.39, 0.29) is 17.5 Å². The zero-order valence-corrected chi connectivity index (χ0v) is 10.3. The summed E-state index contributed by atoms with van der Waals surface area (Å²) >= 11 is 0. The van der Waals surface area contributed by atoms with Gasteiger partial charge in [0, 0.05) is 12.0 Å². The molecule has 2 unspecified atom stereocenters. The Labute approximate surface area is 105 Å². The van der Waals surface area contributed by atoms with Crippen LogP contribution in [0.15, 0.2) is 34.8 Å². The number of rotatable bonds is 1. The molecule has 0 amide bonds. The number of quaternary nitrogens is 1. The monoisotopic (exact) mass is 248 g/mol. The molecule has 18 heavy (non-hydrogen) atoms. The molecule has 1 aliphatic carbocycles. The van der Waals surface area contributed by atoms with E-state index in [0.717, 1.165) is 36.5 Å². The molecule has 0 aromatic heterocycles. The lowest BCUT2D eigenvalue weighted by Gasteiger charge is -2.34. The van der Waals surface area contributed by atoms with E-state index in [1.807, 2.05) is 18.0 Å². The van der Waals surface area contributed by atoms with Crippen LogP contribution < -0.4 is 10.1 Å². The summed E-state index contributed by atoms with van der Waals surface area (Å²) in [5, 5.41) is 24.4. The van der Waals surface area contributed by atoms with E-state index >= 15 is 0 Å². The molecular formula is C13H16N2O3. The Hall–Kier alpha value is -1.75. The highest BCUT2D eigenvalue weighted by atomic mass is 16.4. The van der Waals surface area contributed by atoms with Gasteiger partial charge in [-0.05, 0) is 25.0 Å². The molecule has 2 N–H and O–H groups in total. The molecule has 1 saturated heterocycles. The molecule has 3 rings (SSSR count). The van der Waals surface area contributed by atoms with E-state index in [4.69, 9.17) is 0 Å². The molecule has 2 aliphatic heterocycles. The molecule has 0 radical (unpaired) electrons. The van der Waals surface area contributed by atoms with Crippen molar-refractivity contribution in [2.75, 3.05) is 13.1 Å². The first-order chi connectivity index (χ1) is 8.59. The van der Waals surface area contributed by atoms with Gasteiger partial charge in [0.1, 0.15) is 6.54 Å². The maximum absolute atomic E-state index is 12.1. The average molecular weight is 248 g/mol. The number of nitrogens with one attached hydrogen (secondary N) is 1.